The Morgan fingerprint density at radius 1 is 1.40 bits per heavy atom. The number of aliphatic carboxylic acids is 1. The molecule has 0 aliphatic carbocycles. The predicted molar refractivity (Wildman–Crippen MR) is 71.3 cm³/mol. The van der Waals surface area contributed by atoms with Gasteiger partial charge >= 0.3 is 5.97 Å². The number of pyridine rings is 1. The summed E-state index contributed by atoms with van der Waals surface area (Å²) < 4.78 is 1.60. The lowest BCUT2D eigenvalue weighted by molar-refractivity contribution is -0.139. The van der Waals surface area contributed by atoms with Crippen molar-refractivity contribution in [2.45, 2.75) is 26.3 Å². The Morgan fingerprint density at radius 2 is 2.15 bits per heavy atom. The molecule has 0 aliphatic heterocycles. The van der Waals surface area contributed by atoms with Crippen molar-refractivity contribution >= 4 is 17.5 Å². The Balaban J connectivity index is 2.15. The molecule has 2 aromatic rings. The van der Waals surface area contributed by atoms with Gasteiger partial charge in [0.05, 0.1) is 5.56 Å². The predicted octanol–water partition coefficient (Wildman–Crippen LogP) is 0.958. The molecule has 0 saturated heterocycles. The highest BCUT2D eigenvalue weighted by Gasteiger charge is 2.21. The van der Waals surface area contributed by atoms with Gasteiger partial charge in [0.1, 0.15) is 12.4 Å². The van der Waals surface area contributed by atoms with Crippen LogP contribution in [0.4, 0.5) is 0 Å². The Kier molecular flexibility index (Phi) is 3.97. The second-order valence-electron chi connectivity index (χ2n) is 5.01. The number of amides is 1. The number of fused-ring (bicyclic) bond motifs is 1. The number of rotatable bonds is 5. The largest absolute Gasteiger partial charge is 0.480 e. The monoisotopic (exact) mass is 276 g/mol. The van der Waals surface area contributed by atoms with Crippen LogP contribution in [-0.4, -0.2) is 37.6 Å². The molecular formula is C13H16N4O3. The fourth-order valence-electron chi connectivity index (χ4n) is 1.90. The van der Waals surface area contributed by atoms with Crippen molar-refractivity contribution in [3.05, 3.63) is 30.2 Å². The number of carboxylic acids is 1. The Morgan fingerprint density at radius 3 is 2.80 bits per heavy atom. The summed E-state index contributed by atoms with van der Waals surface area (Å²) >= 11 is 0. The van der Waals surface area contributed by atoms with Gasteiger partial charge in [-0.1, -0.05) is 13.8 Å². The van der Waals surface area contributed by atoms with Gasteiger partial charge in [-0.15, -0.1) is 10.2 Å². The van der Waals surface area contributed by atoms with Crippen LogP contribution >= 0.6 is 0 Å². The number of carbonyl (C=O) groups is 2. The van der Waals surface area contributed by atoms with E-state index in [4.69, 9.17) is 5.11 Å². The molecule has 2 aromatic heterocycles. The SMILES string of the molecule is CC(C)CC(NC(=O)c1ccc2nncn2c1)C(=O)O. The van der Waals surface area contributed by atoms with E-state index in [2.05, 4.69) is 15.5 Å². The minimum Gasteiger partial charge on any atom is -0.480 e. The molecule has 1 atom stereocenters. The first-order valence-corrected chi connectivity index (χ1v) is 6.30. The Hall–Kier alpha value is -2.44. The smallest absolute Gasteiger partial charge is 0.326 e. The quantitative estimate of drug-likeness (QED) is 0.847. The van der Waals surface area contributed by atoms with Crippen molar-refractivity contribution < 1.29 is 14.7 Å². The van der Waals surface area contributed by atoms with Crippen LogP contribution in [0.15, 0.2) is 24.7 Å². The summed E-state index contributed by atoms with van der Waals surface area (Å²) in [5.41, 5.74) is 0.992. The molecule has 0 spiro atoms. The van der Waals surface area contributed by atoms with E-state index in [0.29, 0.717) is 17.6 Å². The molecule has 2 N–H and O–H groups in total. The van der Waals surface area contributed by atoms with E-state index in [1.165, 1.54) is 6.33 Å². The number of carbonyl (C=O) groups excluding carboxylic acids is 1. The van der Waals surface area contributed by atoms with E-state index in [1.807, 2.05) is 13.8 Å². The van der Waals surface area contributed by atoms with Crippen molar-refractivity contribution in [3.8, 4) is 0 Å². The molecule has 0 fully saturated rings. The molecule has 0 radical (unpaired) electrons. The van der Waals surface area contributed by atoms with Crippen LogP contribution in [0.3, 0.4) is 0 Å². The van der Waals surface area contributed by atoms with Crippen LogP contribution < -0.4 is 5.32 Å². The van der Waals surface area contributed by atoms with Crippen molar-refractivity contribution in [2.75, 3.05) is 0 Å². The summed E-state index contributed by atoms with van der Waals surface area (Å²) in [5, 5.41) is 19.2. The van der Waals surface area contributed by atoms with Crippen molar-refractivity contribution in [1.29, 1.82) is 0 Å². The van der Waals surface area contributed by atoms with Crippen LogP contribution in [0, 0.1) is 5.92 Å². The molecule has 2 heterocycles. The van der Waals surface area contributed by atoms with Gasteiger partial charge < -0.3 is 10.4 Å². The van der Waals surface area contributed by atoms with Crippen LogP contribution in [0.1, 0.15) is 30.6 Å². The van der Waals surface area contributed by atoms with Crippen LogP contribution in [0.5, 0.6) is 0 Å². The standard InChI is InChI=1S/C13H16N4O3/c1-8(2)5-10(13(19)20)15-12(18)9-3-4-11-16-14-7-17(11)6-9/h3-4,6-8,10H,5H2,1-2H3,(H,15,18)(H,19,20). The highest BCUT2D eigenvalue weighted by molar-refractivity contribution is 5.96. The van der Waals surface area contributed by atoms with Crippen LogP contribution in [0.25, 0.3) is 5.65 Å². The first-order chi connectivity index (χ1) is 9.47. The third-order valence-electron chi connectivity index (χ3n) is 2.86. The topological polar surface area (TPSA) is 96.6 Å². The molecule has 7 nitrogen and oxygen atoms in total. The molecule has 0 saturated carbocycles. The Bertz CT molecular complexity index is 635. The van der Waals surface area contributed by atoms with Gasteiger partial charge in [0.25, 0.3) is 5.91 Å². The van der Waals surface area contributed by atoms with E-state index >= 15 is 0 Å². The molecule has 0 bridgehead atoms. The number of aromatic nitrogens is 3. The Labute approximate surface area is 115 Å². The summed E-state index contributed by atoms with van der Waals surface area (Å²) in [5.74, 6) is -1.28. The van der Waals surface area contributed by atoms with E-state index in [1.54, 1.807) is 22.7 Å². The van der Waals surface area contributed by atoms with Gasteiger partial charge in [-0.3, -0.25) is 9.20 Å². The van der Waals surface area contributed by atoms with E-state index in [0.717, 1.165) is 0 Å². The zero-order chi connectivity index (χ0) is 14.7. The summed E-state index contributed by atoms with van der Waals surface area (Å²) in [6.07, 6.45) is 3.43. The summed E-state index contributed by atoms with van der Waals surface area (Å²) in [6.45, 7) is 3.82. The van der Waals surface area contributed by atoms with Crippen molar-refractivity contribution in [2.24, 2.45) is 5.92 Å². The highest BCUT2D eigenvalue weighted by atomic mass is 16.4. The summed E-state index contributed by atoms with van der Waals surface area (Å²) in [6, 6.07) is 2.35. The lowest BCUT2D eigenvalue weighted by Gasteiger charge is -2.16. The van der Waals surface area contributed by atoms with Crippen molar-refractivity contribution in [3.63, 3.8) is 0 Å². The minimum absolute atomic E-state index is 0.178. The number of carboxylic acid groups (broad SMARTS) is 1. The highest BCUT2D eigenvalue weighted by Crippen LogP contribution is 2.08. The van der Waals surface area contributed by atoms with Crippen LogP contribution in [-0.2, 0) is 4.79 Å². The van der Waals surface area contributed by atoms with Gasteiger partial charge in [-0.2, -0.15) is 0 Å². The molecule has 1 amide bonds. The molecule has 7 heteroatoms. The van der Waals surface area contributed by atoms with E-state index in [-0.39, 0.29) is 5.92 Å². The van der Waals surface area contributed by atoms with Gasteiger partial charge in [0, 0.05) is 6.20 Å². The molecule has 2 rings (SSSR count). The van der Waals surface area contributed by atoms with Gasteiger partial charge in [0.15, 0.2) is 5.65 Å². The fraction of sp³-hybridized carbons (Fsp3) is 0.385. The lowest BCUT2D eigenvalue weighted by atomic mass is 10.0. The number of hydrogen-bond donors (Lipinski definition) is 2. The van der Waals surface area contributed by atoms with E-state index < -0.39 is 17.9 Å². The first kappa shape index (κ1) is 14.0. The van der Waals surface area contributed by atoms with Crippen LogP contribution in [0.2, 0.25) is 0 Å². The molecule has 0 aliphatic rings. The maximum absolute atomic E-state index is 12.1. The first-order valence-electron chi connectivity index (χ1n) is 6.30. The zero-order valence-corrected chi connectivity index (χ0v) is 11.3. The van der Waals surface area contributed by atoms with E-state index in [9.17, 15) is 9.59 Å². The number of nitrogens with one attached hydrogen (secondary N) is 1. The third kappa shape index (κ3) is 3.11. The maximum Gasteiger partial charge on any atom is 0.326 e. The third-order valence-corrected chi connectivity index (χ3v) is 2.86. The average Bonchev–Trinajstić information content (AvgIpc) is 2.84. The minimum atomic E-state index is -1.03. The fourth-order valence-corrected chi connectivity index (χ4v) is 1.90. The van der Waals surface area contributed by atoms with Gasteiger partial charge in [-0.05, 0) is 24.5 Å². The number of nitrogens with zero attached hydrogens (tertiary/aromatic N) is 3. The molecule has 106 valence electrons. The normalized spacial score (nSPS) is 12.6. The summed E-state index contributed by atoms with van der Waals surface area (Å²) in [7, 11) is 0. The number of hydrogen-bond acceptors (Lipinski definition) is 4. The zero-order valence-electron chi connectivity index (χ0n) is 11.3. The lowest BCUT2D eigenvalue weighted by Crippen LogP contribution is -2.41. The molecule has 20 heavy (non-hydrogen) atoms. The second-order valence-corrected chi connectivity index (χ2v) is 5.01. The second kappa shape index (κ2) is 5.68. The average molecular weight is 276 g/mol. The van der Waals surface area contributed by atoms with Gasteiger partial charge in [0.2, 0.25) is 0 Å². The van der Waals surface area contributed by atoms with Crippen molar-refractivity contribution in [1.82, 2.24) is 19.9 Å². The molecule has 0 aromatic carbocycles. The summed E-state index contributed by atoms with van der Waals surface area (Å²) in [4.78, 5) is 23.2. The maximum atomic E-state index is 12.1. The molecule has 1 unspecified atom stereocenters. The molecular weight excluding hydrogens is 260 g/mol. The van der Waals surface area contributed by atoms with Gasteiger partial charge in [-0.25, -0.2) is 4.79 Å².